The SMILES string of the molecule is CCC(CC)(C(=O)O)C(=O)O.O=C(O)C(F)(F)F. The Morgan fingerprint density at radius 1 is 0.833 bits per heavy atom. The minimum atomic E-state index is -5.08. The van der Waals surface area contributed by atoms with Gasteiger partial charge in [-0.2, -0.15) is 13.2 Å². The molecule has 0 aliphatic rings. The van der Waals surface area contributed by atoms with Crippen LogP contribution in [0.25, 0.3) is 0 Å². The second-order valence-electron chi connectivity index (χ2n) is 3.20. The third kappa shape index (κ3) is 5.02. The topological polar surface area (TPSA) is 112 Å². The van der Waals surface area contributed by atoms with Crippen LogP contribution >= 0.6 is 0 Å². The van der Waals surface area contributed by atoms with Crippen LogP contribution in [0.1, 0.15) is 26.7 Å². The summed E-state index contributed by atoms with van der Waals surface area (Å²) in [5, 5.41) is 24.4. The molecule has 0 aromatic rings. The standard InChI is InChI=1S/C7H12O4.C2HF3O2/c1-3-7(4-2,5(8)9)6(10)11;3-2(4,5)1(6)7/h3-4H2,1-2H3,(H,8,9)(H,10,11);(H,6,7). The van der Waals surface area contributed by atoms with E-state index in [0.29, 0.717) is 0 Å². The summed E-state index contributed by atoms with van der Waals surface area (Å²) in [6.45, 7) is 3.12. The van der Waals surface area contributed by atoms with Crippen molar-refractivity contribution in [2.75, 3.05) is 0 Å². The largest absolute Gasteiger partial charge is 0.490 e. The quantitative estimate of drug-likeness (QED) is 0.671. The fourth-order valence-electron chi connectivity index (χ4n) is 0.946. The highest BCUT2D eigenvalue weighted by Crippen LogP contribution is 2.26. The molecule has 0 unspecified atom stereocenters. The first-order chi connectivity index (χ1) is 7.95. The molecular formula is C9H13F3O6. The zero-order valence-corrected chi connectivity index (χ0v) is 9.61. The van der Waals surface area contributed by atoms with E-state index < -0.39 is 29.5 Å². The number of hydrogen-bond acceptors (Lipinski definition) is 3. The molecule has 0 rings (SSSR count). The molecule has 18 heavy (non-hydrogen) atoms. The predicted molar refractivity (Wildman–Crippen MR) is 52.0 cm³/mol. The Kier molecular flexibility index (Phi) is 7.03. The number of hydrogen-bond donors (Lipinski definition) is 3. The molecule has 106 valence electrons. The minimum absolute atomic E-state index is 0.119. The van der Waals surface area contributed by atoms with Crippen LogP contribution in [-0.2, 0) is 14.4 Å². The maximum absolute atomic E-state index is 10.6. The van der Waals surface area contributed by atoms with Crippen LogP contribution in [-0.4, -0.2) is 39.4 Å². The molecule has 9 heteroatoms. The number of rotatable bonds is 4. The van der Waals surface area contributed by atoms with Gasteiger partial charge in [0.25, 0.3) is 0 Å². The van der Waals surface area contributed by atoms with Crippen LogP contribution < -0.4 is 0 Å². The average Bonchev–Trinajstić information content (AvgIpc) is 2.18. The van der Waals surface area contributed by atoms with Gasteiger partial charge < -0.3 is 15.3 Å². The Morgan fingerprint density at radius 2 is 1.06 bits per heavy atom. The van der Waals surface area contributed by atoms with E-state index in [2.05, 4.69) is 0 Å². The summed E-state index contributed by atoms with van der Waals surface area (Å²) in [5.74, 6) is -5.27. The van der Waals surface area contributed by atoms with Crippen molar-refractivity contribution in [2.45, 2.75) is 32.9 Å². The van der Waals surface area contributed by atoms with Crippen molar-refractivity contribution in [3.05, 3.63) is 0 Å². The summed E-state index contributed by atoms with van der Waals surface area (Å²) in [5.41, 5.74) is -1.58. The lowest BCUT2D eigenvalue weighted by Gasteiger charge is -2.20. The molecule has 0 aromatic carbocycles. The molecule has 0 heterocycles. The summed E-state index contributed by atoms with van der Waals surface area (Å²) < 4.78 is 31.7. The van der Waals surface area contributed by atoms with E-state index >= 15 is 0 Å². The van der Waals surface area contributed by atoms with Gasteiger partial charge in [-0.1, -0.05) is 13.8 Å². The van der Waals surface area contributed by atoms with Crippen molar-refractivity contribution in [2.24, 2.45) is 5.41 Å². The number of carboxylic acid groups (broad SMARTS) is 3. The summed E-state index contributed by atoms with van der Waals surface area (Å²) in [4.78, 5) is 30.0. The van der Waals surface area contributed by atoms with E-state index in [1.807, 2.05) is 0 Å². The lowest BCUT2D eigenvalue weighted by Crippen LogP contribution is -2.38. The molecule has 0 saturated heterocycles. The first kappa shape index (κ1) is 18.6. The van der Waals surface area contributed by atoms with Crippen molar-refractivity contribution in [3.8, 4) is 0 Å². The molecule has 0 spiro atoms. The number of alkyl halides is 3. The fourth-order valence-corrected chi connectivity index (χ4v) is 0.946. The average molecular weight is 274 g/mol. The van der Waals surface area contributed by atoms with Gasteiger partial charge in [0.1, 0.15) is 0 Å². The first-order valence-electron chi connectivity index (χ1n) is 4.72. The Balaban J connectivity index is 0. The molecule has 0 aromatic heterocycles. The van der Waals surface area contributed by atoms with Gasteiger partial charge in [0.05, 0.1) is 0 Å². The van der Waals surface area contributed by atoms with Crippen LogP contribution in [0.3, 0.4) is 0 Å². The van der Waals surface area contributed by atoms with Crippen LogP contribution in [0.5, 0.6) is 0 Å². The minimum Gasteiger partial charge on any atom is -0.480 e. The fraction of sp³-hybridized carbons (Fsp3) is 0.667. The molecular weight excluding hydrogens is 261 g/mol. The summed E-state index contributed by atoms with van der Waals surface area (Å²) in [6.07, 6.45) is -4.84. The maximum Gasteiger partial charge on any atom is 0.490 e. The van der Waals surface area contributed by atoms with Crippen LogP contribution in [0.15, 0.2) is 0 Å². The van der Waals surface area contributed by atoms with Gasteiger partial charge in [-0.25, -0.2) is 4.79 Å². The van der Waals surface area contributed by atoms with E-state index in [-0.39, 0.29) is 12.8 Å². The van der Waals surface area contributed by atoms with Crippen molar-refractivity contribution in [3.63, 3.8) is 0 Å². The van der Waals surface area contributed by atoms with Gasteiger partial charge in [0.2, 0.25) is 0 Å². The molecule has 6 nitrogen and oxygen atoms in total. The zero-order valence-electron chi connectivity index (χ0n) is 9.61. The van der Waals surface area contributed by atoms with Crippen LogP contribution in [0.2, 0.25) is 0 Å². The molecule has 0 atom stereocenters. The normalized spacial score (nSPS) is 11.2. The highest BCUT2D eigenvalue weighted by Gasteiger charge is 2.42. The smallest absolute Gasteiger partial charge is 0.480 e. The second-order valence-corrected chi connectivity index (χ2v) is 3.20. The molecule has 0 radical (unpaired) electrons. The second kappa shape index (κ2) is 6.82. The van der Waals surface area contributed by atoms with E-state index in [4.69, 9.17) is 20.1 Å². The summed E-state index contributed by atoms with van der Waals surface area (Å²) in [6, 6.07) is 0. The van der Waals surface area contributed by atoms with Crippen molar-refractivity contribution in [1.82, 2.24) is 0 Å². The third-order valence-corrected chi connectivity index (χ3v) is 2.27. The first-order valence-corrected chi connectivity index (χ1v) is 4.72. The molecule has 3 N–H and O–H groups in total. The molecule has 0 fully saturated rings. The van der Waals surface area contributed by atoms with Gasteiger partial charge in [-0.15, -0.1) is 0 Å². The molecule has 0 aliphatic heterocycles. The number of aliphatic carboxylic acids is 3. The Hall–Kier alpha value is -1.80. The molecule has 0 aliphatic carbocycles. The molecule has 0 bridgehead atoms. The third-order valence-electron chi connectivity index (χ3n) is 2.27. The van der Waals surface area contributed by atoms with E-state index in [1.165, 1.54) is 0 Å². The van der Waals surface area contributed by atoms with Gasteiger partial charge in [0.15, 0.2) is 5.41 Å². The van der Waals surface area contributed by atoms with Gasteiger partial charge in [0, 0.05) is 0 Å². The highest BCUT2D eigenvalue weighted by atomic mass is 19.4. The summed E-state index contributed by atoms with van der Waals surface area (Å²) in [7, 11) is 0. The Labute approximate surface area is 100 Å². The number of halogens is 3. The summed E-state index contributed by atoms with van der Waals surface area (Å²) >= 11 is 0. The number of carbonyl (C=O) groups is 3. The van der Waals surface area contributed by atoms with Gasteiger partial charge in [-0.3, -0.25) is 9.59 Å². The van der Waals surface area contributed by atoms with Crippen molar-refractivity contribution >= 4 is 17.9 Å². The van der Waals surface area contributed by atoms with E-state index in [1.54, 1.807) is 13.8 Å². The maximum atomic E-state index is 10.6. The number of carboxylic acids is 3. The van der Waals surface area contributed by atoms with E-state index in [0.717, 1.165) is 0 Å². The van der Waals surface area contributed by atoms with E-state index in [9.17, 15) is 22.8 Å². The lowest BCUT2D eigenvalue weighted by molar-refractivity contribution is -0.192. The van der Waals surface area contributed by atoms with Crippen LogP contribution in [0.4, 0.5) is 13.2 Å². The molecule has 0 saturated carbocycles. The zero-order chi connectivity index (χ0) is 15.1. The van der Waals surface area contributed by atoms with Gasteiger partial charge in [-0.05, 0) is 12.8 Å². The van der Waals surface area contributed by atoms with Crippen molar-refractivity contribution in [1.29, 1.82) is 0 Å². The Morgan fingerprint density at radius 3 is 1.06 bits per heavy atom. The lowest BCUT2D eigenvalue weighted by atomic mass is 9.83. The predicted octanol–water partition coefficient (Wildman–Crippen LogP) is 1.60. The van der Waals surface area contributed by atoms with Crippen LogP contribution in [0, 0.1) is 5.41 Å². The molecule has 0 amide bonds. The highest BCUT2D eigenvalue weighted by molar-refractivity contribution is 5.98. The monoisotopic (exact) mass is 274 g/mol. The van der Waals surface area contributed by atoms with Gasteiger partial charge >= 0.3 is 24.1 Å². The van der Waals surface area contributed by atoms with Crippen molar-refractivity contribution < 1.29 is 42.9 Å². The Bertz CT molecular complexity index is 303.